The van der Waals surface area contributed by atoms with Crippen LogP contribution < -0.4 is 0 Å². The van der Waals surface area contributed by atoms with E-state index in [4.69, 9.17) is 18.5 Å². The minimum absolute atomic E-state index is 0.0152. The summed E-state index contributed by atoms with van der Waals surface area (Å²) in [5.41, 5.74) is 0. The predicted molar refractivity (Wildman–Crippen MR) is 256 cm³/mol. The van der Waals surface area contributed by atoms with Crippen LogP contribution >= 0.6 is 7.82 Å². The zero-order valence-corrected chi connectivity index (χ0v) is 39.7. The van der Waals surface area contributed by atoms with Crippen LogP contribution in [0.25, 0.3) is 0 Å². The van der Waals surface area contributed by atoms with Gasteiger partial charge in [-0.3, -0.25) is 18.6 Å². The molecule has 10 heteroatoms. The van der Waals surface area contributed by atoms with E-state index in [1.807, 2.05) is 21.1 Å². The SMILES string of the molecule is CC/C=C\C/C=C\C/C=C\C/C=C\C/C=C\C/C=C\C/C=C\C/C=C\CCCCC(=O)OC(COC(=O)CCCCCCC/C=C\CCC)COP(=O)(O)OCC[N+](C)(C)C. The minimum atomic E-state index is -4.40. The van der Waals surface area contributed by atoms with Crippen LogP contribution in [0.5, 0.6) is 0 Å². The number of likely N-dealkylation sites (N-methyl/N-ethyl adjacent to an activating group) is 1. The molecule has 0 spiro atoms. The lowest BCUT2D eigenvalue weighted by molar-refractivity contribution is -0.870. The normalized spacial score (nSPS) is 14.5. The second-order valence-corrected chi connectivity index (χ2v) is 17.5. The summed E-state index contributed by atoms with van der Waals surface area (Å²) in [5.74, 6) is -0.875. The highest BCUT2D eigenvalue weighted by Crippen LogP contribution is 2.43. The van der Waals surface area contributed by atoms with E-state index in [2.05, 4.69) is 123 Å². The number of rotatable bonds is 40. The van der Waals surface area contributed by atoms with Crippen molar-refractivity contribution in [3.8, 4) is 0 Å². The fraction of sp³-hybridized carbons (Fsp3) is 0.608. The number of quaternary nitrogens is 1. The zero-order chi connectivity index (χ0) is 45.0. The molecule has 0 fully saturated rings. The van der Waals surface area contributed by atoms with Gasteiger partial charge >= 0.3 is 19.8 Å². The van der Waals surface area contributed by atoms with E-state index in [1.165, 1.54) is 6.42 Å². The molecular weight excluding hydrogens is 786 g/mol. The van der Waals surface area contributed by atoms with Crippen molar-refractivity contribution in [1.29, 1.82) is 0 Å². The molecule has 0 bridgehead atoms. The van der Waals surface area contributed by atoms with Gasteiger partial charge in [-0.15, -0.1) is 0 Å². The molecule has 0 rings (SSSR count). The van der Waals surface area contributed by atoms with Gasteiger partial charge in [0.15, 0.2) is 6.10 Å². The Kier molecular flexibility index (Phi) is 39.7. The smallest absolute Gasteiger partial charge is 0.462 e. The van der Waals surface area contributed by atoms with Gasteiger partial charge in [0.2, 0.25) is 0 Å². The third kappa shape index (κ3) is 46.0. The molecule has 61 heavy (non-hydrogen) atoms. The molecule has 0 heterocycles. The first-order chi connectivity index (χ1) is 29.5. The summed E-state index contributed by atoms with van der Waals surface area (Å²) in [4.78, 5) is 35.3. The van der Waals surface area contributed by atoms with Crippen molar-refractivity contribution < 1.29 is 42.1 Å². The topological polar surface area (TPSA) is 108 Å². The number of ether oxygens (including phenoxy) is 2. The average molecular weight is 871 g/mol. The molecule has 0 aliphatic heterocycles. The Bertz CT molecular complexity index is 1400. The lowest BCUT2D eigenvalue weighted by Gasteiger charge is -2.24. The predicted octanol–water partition coefficient (Wildman–Crippen LogP) is 13.5. The molecule has 0 aromatic heterocycles. The fourth-order valence-electron chi connectivity index (χ4n) is 5.44. The second kappa shape index (κ2) is 42.0. The molecular formula is C51H85NO8P+. The summed E-state index contributed by atoms with van der Waals surface area (Å²) in [7, 11) is 1.42. The van der Waals surface area contributed by atoms with Crippen molar-refractivity contribution >= 4 is 19.8 Å². The molecule has 0 aliphatic carbocycles. The monoisotopic (exact) mass is 871 g/mol. The van der Waals surface area contributed by atoms with E-state index in [0.29, 0.717) is 23.9 Å². The number of esters is 2. The Hall–Kier alpha value is -3.33. The van der Waals surface area contributed by atoms with E-state index in [0.717, 1.165) is 103 Å². The summed E-state index contributed by atoms with van der Waals surface area (Å²) in [6, 6.07) is 0. The molecule has 0 aromatic rings. The number of allylic oxidation sites excluding steroid dienone is 18. The number of hydrogen-bond donors (Lipinski definition) is 1. The van der Waals surface area contributed by atoms with Crippen molar-refractivity contribution in [1.82, 2.24) is 0 Å². The van der Waals surface area contributed by atoms with Crippen molar-refractivity contribution in [2.24, 2.45) is 0 Å². The van der Waals surface area contributed by atoms with E-state index in [-0.39, 0.29) is 26.1 Å². The molecule has 0 radical (unpaired) electrons. The van der Waals surface area contributed by atoms with Gasteiger partial charge in [0, 0.05) is 12.8 Å². The third-order valence-electron chi connectivity index (χ3n) is 9.02. The molecule has 346 valence electrons. The number of unbranched alkanes of at least 4 members (excludes halogenated alkanes) is 8. The zero-order valence-electron chi connectivity index (χ0n) is 38.8. The summed E-state index contributed by atoms with van der Waals surface area (Å²) < 4.78 is 34.2. The number of carbonyl (C=O) groups is 2. The van der Waals surface area contributed by atoms with Gasteiger partial charge < -0.3 is 18.9 Å². The van der Waals surface area contributed by atoms with Crippen LogP contribution in [0.2, 0.25) is 0 Å². The van der Waals surface area contributed by atoms with E-state index in [1.54, 1.807) is 0 Å². The van der Waals surface area contributed by atoms with Gasteiger partial charge in [0.05, 0.1) is 27.7 Å². The Morgan fingerprint density at radius 1 is 0.525 bits per heavy atom. The second-order valence-electron chi connectivity index (χ2n) is 16.0. The number of phosphoric acid groups is 1. The number of carbonyl (C=O) groups excluding carboxylic acids is 2. The fourth-order valence-corrected chi connectivity index (χ4v) is 6.18. The lowest BCUT2D eigenvalue weighted by Crippen LogP contribution is -2.37. The van der Waals surface area contributed by atoms with E-state index in [9.17, 15) is 19.0 Å². The molecule has 2 atom stereocenters. The molecule has 0 aliphatic rings. The Labute approximate surface area is 372 Å². The highest BCUT2D eigenvalue weighted by molar-refractivity contribution is 7.47. The molecule has 0 saturated carbocycles. The maximum atomic E-state index is 12.7. The van der Waals surface area contributed by atoms with Gasteiger partial charge in [-0.2, -0.15) is 0 Å². The van der Waals surface area contributed by atoms with Gasteiger partial charge in [0.1, 0.15) is 19.8 Å². The summed E-state index contributed by atoms with van der Waals surface area (Å²) in [5, 5.41) is 0. The maximum Gasteiger partial charge on any atom is 0.472 e. The molecule has 0 aromatic carbocycles. The van der Waals surface area contributed by atoms with Gasteiger partial charge in [-0.1, -0.05) is 149 Å². The first kappa shape index (κ1) is 57.7. The Morgan fingerprint density at radius 3 is 1.44 bits per heavy atom. The number of hydrogen-bond acceptors (Lipinski definition) is 7. The van der Waals surface area contributed by atoms with Crippen LogP contribution in [0.4, 0.5) is 0 Å². The molecule has 1 N–H and O–H groups in total. The van der Waals surface area contributed by atoms with Crippen LogP contribution in [0.15, 0.2) is 109 Å². The number of nitrogens with zero attached hydrogens (tertiary/aromatic N) is 1. The largest absolute Gasteiger partial charge is 0.472 e. The first-order valence-electron chi connectivity index (χ1n) is 23.1. The lowest BCUT2D eigenvalue weighted by atomic mass is 10.1. The number of phosphoric ester groups is 1. The van der Waals surface area contributed by atoms with E-state index < -0.39 is 32.5 Å². The average Bonchev–Trinajstić information content (AvgIpc) is 3.21. The maximum absolute atomic E-state index is 12.7. The molecule has 0 saturated heterocycles. The van der Waals surface area contributed by atoms with Crippen LogP contribution in [-0.4, -0.2) is 74.9 Å². The van der Waals surface area contributed by atoms with Crippen LogP contribution in [-0.2, 0) is 32.7 Å². The van der Waals surface area contributed by atoms with Crippen LogP contribution in [0.3, 0.4) is 0 Å². The van der Waals surface area contributed by atoms with Crippen molar-refractivity contribution in [3.05, 3.63) is 109 Å². The summed E-state index contributed by atoms with van der Waals surface area (Å²) in [6.45, 7) is 4.15. The van der Waals surface area contributed by atoms with Gasteiger partial charge in [0.25, 0.3) is 0 Å². The van der Waals surface area contributed by atoms with E-state index >= 15 is 0 Å². The van der Waals surface area contributed by atoms with Crippen LogP contribution in [0.1, 0.15) is 149 Å². The quantitative estimate of drug-likeness (QED) is 0.0213. The van der Waals surface area contributed by atoms with Crippen molar-refractivity contribution in [2.75, 3.05) is 47.5 Å². The Morgan fingerprint density at radius 2 is 0.934 bits per heavy atom. The van der Waals surface area contributed by atoms with Crippen molar-refractivity contribution in [3.63, 3.8) is 0 Å². The molecule has 0 amide bonds. The molecule has 9 nitrogen and oxygen atoms in total. The molecule has 2 unspecified atom stereocenters. The first-order valence-corrected chi connectivity index (χ1v) is 24.6. The highest BCUT2D eigenvalue weighted by Gasteiger charge is 2.27. The summed E-state index contributed by atoms with van der Waals surface area (Å²) in [6.07, 6.45) is 57.3. The highest BCUT2D eigenvalue weighted by atomic mass is 31.2. The third-order valence-corrected chi connectivity index (χ3v) is 10.0. The standard InChI is InChI=1S/C51H84NO8P/c1-6-8-10-12-14-16-18-19-20-21-22-23-24-25-26-27-28-29-30-31-32-33-34-36-38-40-42-44-51(54)60-49(48-59-61(55,56)58-46-45-52(3,4)5)47-57-50(53)43-41-39-37-35-17-15-13-11-9-7-2/h8,10-11,13-14,16,19-20,22-23,25-26,28-29,31-32,34,36,49H,6-7,9,12,15,17-18,21,24,27,30,33,35,37-48H2,1-5H3/p+1/b10-8-,13-11-,16-14-,20-19-,23-22-,26-25-,29-28-,32-31-,36-34-. The minimum Gasteiger partial charge on any atom is -0.462 e. The van der Waals surface area contributed by atoms with Gasteiger partial charge in [-0.25, -0.2) is 4.57 Å². The van der Waals surface area contributed by atoms with Crippen LogP contribution in [0, 0.1) is 0 Å². The Balaban J connectivity index is 4.38. The summed E-state index contributed by atoms with van der Waals surface area (Å²) >= 11 is 0. The van der Waals surface area contributed by atoms with Gasteiger partial charge in [-0.05, 0) is 96.3 Å². The van der Waals surface area contributed by atoms with Crippen molar-refractivity contribution in [2.45, 2.75) is 155 Å².